The zero-order valence-corrected chi connectivity index (χ0v) is 26.9. The highest BCUT2D eigenvalue weighted by Gasteiger charge is 2.24. The average molecular weight is 665 g/mol. The maximum absolute atomic E-state index is 12.3. The summed E-state index contributed by atoms with van der Waals surface area (Å²) in [5, 5.41) is 28.6. The Bertz CT molecular complexity index is 959. The highest BCUT2D eigenvalue weighted by Crippen LogP contribution is 2.03. The first-order chi connectivity index (χ1) is 21.7. The Labute approximate surface area is 268 Å². The molecular formula is C28H50N5O13+. The zero-order valence-electron chi connectivity index (χ0n) is 26.9. The summed E-state index contributed by atoms with van der Waals surface area (Å²) < 4.78 is 21.0. The molecule has 0 aliphatic rings. The minimum absolute atomic E-state index is 0.0134. The summed E-state index contributed by atoms with van der Waals surface area (Å²) >= 11 is 0. The van der Waals surface area contributed by atoms with E-state index in [1.807, 2.05) is 21.1 Å². The van der Waals surface area contributed by atoms with Gasteiger partial charge in [0.2, 0.25) is 23.6 Å². The topological polar surface area (TPSA) is 245 Å². The van der Waals surface area contributed by atoms with Crippen LogP contribution in [0.25, 0.3) is 0 Å². The van der Waals surface area contributed by atoms with Gasteiger partial charge in [0.05, 0.1) is 79.8 Å². The molecule has 264 valence electrons. The van der Waals surface area contributed by atoms with Crippen molar-refractivity contribution in [2.24, 2.45) is 0 Å². The summed E-state index contributed by atoms with van der Waals surface area (Å²) in [6.45, 7) is 1.99. The smallest absolute Gasteiger partial charge is 0.326 e. The molecule has 0 spiro atoms. The molecule has 0 radical (unpaired) electrons. The van der Waals surface area contributed by atoms with Crippen LogP contribution in [0.15, 0.2) is 0 Å². The zero-order chi connectivity index (χ0) is 34.8. The third-order valence-electron chi connectivity index (χ3n) is 5.73. The minimum Gasteiger partial charge on any atom is -0.481 e. The molecule has 0 aromatic rings. The Hall–Kier alpha value is -3.71. The van der Waals surface area contributed by atoms with Crippen molar-refractivity contribution in [3.05, 3.63) is 0 Å². The van der Waals surface area contributed by atoms with E-state index in [2.05, 4.69) is 21.3 Å². The lowest BCUT2D eigenvalue weighted by molar-refractivity contribution is -0.871. The number of carboxylic acids is 2. The van der Waals surface area contributed by atoms with Crippen molar-refractivity contribution < 1.29 is 67.2 Å². The maximum atomic E-state index is 12.3. The van der Waals surface area contributed by atoms with Crippen LogP contribution >= 0.6 is 0 Å². The van der Waals surface area contributed by atoms with Gasteiger partial charge < -0.3 is 59.7 Å². The molecule has 0 aliphatic heterocycles. The van der Waals surface area contributed by atoms with E-state index in [0.717, 1.165) is 0 Å². The number of aliphatic carboxylic acids is 2. The molecule has 0 saturated heterocycles. The number of amides is 4. The summed E-state index contributed by atoms with van der Waals surface area (Å²) in [4.78, 5) is 81.0. The number of carboxylic acid groups (broad SMARTS) is 2. The highest BCUT2D eigenvalue weighted by atomic mass is 16.5. The lowest BCUT2D eigenvalue weighted by Crippen LogP contribution is -2.49. The molecule has 18 heteroatoms. The van der Waals surface area contributed by atoms with Gasteiger partial charge in [0.25, 0.3) is 0 Å². The van der Waals surface area contributed by atoms with Gasteiger partial charge in [0.1, 0.15) is 25.5 Å². The van der Waals surface area contributed by atoms with Gasteiger partial charge in [0, 0.05) is 32.4 Å². The van der Waals surface area contributed by atoms with Crippen LogP contribution in [-0.2, 0) is 52.5 Å². The first kappa shape index (κ1) is 42.3. The van der Waals surface area contributed by atoms with Gasteiger partial charge >= 0.3 is 11.9 Å². The molecule has 0 unspecified atom stereocenters. The van der Waals surface area contributed by atoms with E-state index in [1.165, 1.54) is 0 Å². The fraction of sp³-hybridized carbons (Fsp3) is 0.750. The predicted molar refractivity (Wildman–Crippen MR) is 160 cm³/mol. The number of rotatable bonds is 29. The van der Waals surface area contributed by atoms with Crippen molar-refractivity contribution in [3.8, 4) is 0 Å². The lowest BCUT2D eigenvalue weighted by atomic mass is 10.1. The van der Waals surface area contributed by atoms with Crippen molar-refractivity contribution >= 4 is 41.9 Å². The number of nitrogens with zero attached hydrogens (tertiary/aromatic N) is 1. The summed E-state index contributed by atoms with van der Waals surface area (Å²) in [6, 6.07) is -1.98. The Morgan fingerprint density at radius 3 is 1.78 bits per heavy atom. The molecule has 0 bridgehead atoms. The number of hydrogen-bond donors (Lipinski definition) is 6. The Morgan fingerprint density at radius 1 is 0.696 bits per heavy atom. The maximum Gasteiger partial charge on any atom is 0.326 e. The lowest BCUT2D eigenvalue weighted by Gasteiger charge is -2.29. The molecule has 0 aromatic carbocycles. The van der Waals surface area contributed by atoms with Crippen LogP contribution in [0.5, 0.6) is 0 Å². The fourth-order valence-electron chi connectivity index (χ4n) is 3.76. The van der Waals surface area contributed by atoms with Crippen LogP contribution in [0.2, 0.25) is 0 Å². The second-order valence-electron chi connectivity index (χ2n) is 11.1. The van der Waals surface area contributed by atoms with E-state index < -0.39 is 41.7 Å². The predicted octanol–water partition coefficient (Wildman–Crippen LogP) is -2.72. The Kier molecular flexibility index (Phi) is 23.4. The van der Waals surface area contributed by atoms with Gasteiger partial charge in [-0.1, -0.05) is 0 Å². The first-order valence-electron chi connectivity index (χ1n) is 14.8. The second-order valence-corrected chi connectivity index (χ2v) is 11.1. The Morgan fingerprint density at radius 2 is 1.24 bits per heavy atom. The molecule has 0 aromatic heterocycles. The van der Waals surface area contributed by atoms with Crippen molar-refractivity contribution in [3.63, 3.8) is 0 Å². The molecule has 0 fully saturated rings. The summed E-state index contributed by atoms with van der Waals surface area (Å²) in [5.41, 5.74) is 0. The fourth-order valence-corrected chi connectivity index (χ4v) is 3.76. The molecule has 46 heavy (non-hydrogen) atoms. The average Bonchev–Trinajstić information content (AvgIpc) is 2.95. The normalized spacial score (nSPS) is 12.4. The van der Waals surface area contributed by atoms with Gasteiger partial charge in [-0.25, -0.2) is 4.79 Å². The molecule has 18 nitrogen and oxygen atoms in total. The van der Waals surface area contributed by atoms with Crippen LogP contribution in [-0.4, -0.2) is 162 Å². The van der Waals surface area contributed by atoms with Crippen LogP contribution in [0.1, 0.15) is 32.1 Å². The number of aldehydes is 1. The molecule has 0 heterocycles. The van der Waals surface area contributed by atoms with E-state index in [0.29, 0.717) is 30.5 Å². The quantitative estimate of drug-likeness (QED) is 0.0271. The van der Waals surface area contributed by atoms with E-state index in [1.54, 1.807) is 0 Å². The van der Waals surface area contributed by atoms with E-state index in [-0.39, 0.29) is 90.8 Å². The largest absolute Gasteiger partial charge is 0.481 e. The Balaban J connectivity index is 4.06. The monoisotopic (exact) mass is 664 g/mol. The number of carbonyl (C=O) groups excluding carboxylic acids is 5. The second kappa shape index (κ2) is 25.5. The summed E-state index contributed by atoms with van der Waals surface area (Å²) in [5.74, 6) is -4.41. The van der Waals surface area contributed by atoms with Crippen LogP contribution in [0.3, 0.4) is 0 Å². The SMILES string of the molecule is C[N+](C)(C)C[C@@H](CC(=O)O)NC(=O)CCC(=O)N[C@@H](CCC(=O)NCCOCCOCC(=O)NCCOCCOCC=O)C(=O)O. The number of ether oxygens (including phenoxy) is 4. The van der Waals surface area contributed by atoms with Crippen LogP contribution < -0.4 is 21.3 Å². The van der Waals surface area contributed by atoms with Gasteiger partial charge in [-0.05, 0) is 6.42 Å². The third kappa shape index (κ3) is 26.7. The van der Waals surface area contributed by atoms with Crippen LogP contribution in [0.4, 0.5) is 0 Å². The number of likely N-dealkylation sites (N-methyl/N-ethyl adjacent to an activating group) is 1. The van der Waals surface area contributed by atoms with Crippen molar-refractivity contribution in [1.82, 2.24) is 21.3 Å². The molecule has 0 aliphatic carbocycles. The van der Waals surface area contributed by atoms with Gasteiger partial charge in [-0.3, -0.25) is 24.0 Å². The molecular weight excluding hydrogens is 614 g/mol. The van der Waals surface area contributed by atoms with E-state index in [4.69, 9.17) is 24.1 Å². The number of hydrogen-bond acceptors (Lipinski definition) is 11. The molecule has 4 amide bonds. The van der Waals surface area contributed by atoms with Crippen molar-refractivity contribution in [2.75, 3.05) is 93.6 Å². The molecule has 0 saturated carbocycles. The van der Waals surface area contributed by atoms with Crippen molar-refractivity contribution in [2.45, 2.75) is 44.2 Å². The van der Waals surface area contributed by atoms with Crippen molar-refractivity contribution in [1.29, 1.82) is 0 Å². The van der Waals surface area contributed by atoms with Gasteiger partial charge in [-0.15, -0.1) is 0 Å². The minimum atomic E-state index is -1.34. The van der Waals surface area contributed by atoms with E-state index in [9.17, 15) is 38.7 Å². The number of quaternary nitrogens is 1. The standard InChI is InChI=1S/C28H49N5O13/c1-33(2,3)19-21(18-27(39)40)31-24(36)6-7-25(37)32-22(28(41)42)4-5-23(35)29-8-11-44-16-17-46-20-26(38)30-9-12-43-14-15-45-13-10-34/h10,21-22H,4-9,11-20H2,1-3H3,(H5-,29,30,31,32,35,36,37,38,39,40,41,42)/p+1/t21-,22+/m1/s1. The number of nitrogens with one attached hydrogen (secondary N) is 4. The third-order valence-corrected chi connectivity index (χ3v) is 5.73. The van der Waals surface area contributed by atoms with Gasteiger partial charge in [-0.2, -0.15) is 0 Å². The molecule has 0 rings (SSSR count). The molecule has 6 N–H and O–H groups in total. The highest BCUT2D eigenvalue weighted by molar-refractivity contribution is 5.87. The molecule has 2 atom stereocenters. The summed E-state index contributed by atoms with van der Waals surface area (Å²) in [7, 11) is 5.54. The van der Waals surface area contributed by atoms with Gasteiger partial charge in [0.15, 0.2) is 0 Å². The number of carbonyl (C=O) groups is 7. The summed E-state index contributed by atoms with van der Waals surface area (Å²) in [6.07, 6.45) is -0.570. The van der Waals surface area contributed by atoms with E-state index >= 15 is 0 Å². The van der Waals surface area contributed by atoms with Crippen LogP contribution in [0, 0.1) is 0 Å². The first-order valence-corrected chi connectivity index (χ1v) is 14.8.